The molecular weight excluding hydrogens is 290 g/mol. The first-order valence-electron chi connectivity index (χ1n) is 6.35. The van der Waals surface area contributed by atoms with E-state index in [2.05, 4.69) is 10.3 Å². The van der Waals surface area contributed by atoms with E-state index in [1.54, 1.807) is 5.38 Å². The Morgan fingerprint density at radius 1 is 1.29 bits per heavy atom. The van der Waals surface area contributed by atoms with Crippen molar-refractivity contribution in [2.45, 2.75) is 13.0 Å². The van der Waals surface area contributed by atoms with Crippen molar-refractivity contribution in [3.8, 4) is 0 Å². The number of carbonyl (C=O) groups is 2. The van der Waals surface area contributed by atoms with E-state index in [1.807, 2.05) is 30.3 Å². The molecule has 0 aliphatic carbocycles. The van der Waals surface area contributed by atoms with Gasteiger partial charge >= 0.3 is 6.09 Å². The molecule has 0 atom stereocenters. The summed E-state index contributed by atoms with van der Waals surface area (Å²) in [4.78, 5) is 27.4. The summed E-state index contributed by atoms with van der Waals surface area (Å²) in [5.74, 6) is -0.576. The first-order valence-corrected chi connectivity index (χ1v) is 7.23. The normalized spacial score (nSPS) is 10.1. The molecule has 6 nitrogen and oxygen atoms in total. The van der Waals surface area contributed by atoms with Crippen LogP contribution in [0.4, 0.5) is 4.79 Å². The van der Waals surface area contributed by atoms with Crippen LogP contribution < -0.4 is 11.1 Å². The second-order valence-electron chi connectivity index (χ2n) is 4.18. The smallest absolute Gasteiger partial charge is 0.414 e. The molecule has 0 radical (unpaired) electrons. The molecule has 1 aromatic carbocycles. The number of nitrogens with two attached hydrogens (primary N) is 1. The van der Waals surface area contributed by atoms with Crippen molar-refractivity contribution < 1.29 is 14.3 Å². The molecule has 0 bridgehead atoms. The summed E-state index contributed by atoms with van der Waals surface area (Å²) in [6, 6.07) is 9.21. The predicted molar refractivity (Wildman–Crippen MR) is 79.0 cm³/mol. The zero-order chi connectivity index (χ0) is 15.1. The molecule has 1 aromatic heterocycles. The van der Waals surface area contributed by atoms with E-state index >= 15 is 0 Å². The average Bonchev–Trinajstić information content (AvgIpc) is 2.95. The largest absolute Gasteiger partial charge is 0.444 e. The Kier molecular flexibility index (Phi) is 5.42. The van der Waals surface area contributed by atoms with Crippen LogP contribution in [0.5, 0.6) is 0 Å². The number of ether oxygens (including phenoxy) is 1. The lowest BCUT2D eigenvalue weighted by atomic mass is 10.2. The summed E-state index contributed by atoms with van der Waals surface area (Å²) in [7, 11) is 0. The van der Waals surface area contributed by atoms with Gasteiger partial charge in [0.05, 0.1) is 5.01 Å². The Morgan fingerprint density at radius 3 is 2.76 bits per heavy atom. The van der Waals surface area contributed by atoms with Gasteiger partial charge in [-0.05, 0) is 12.1 Å². The maximum Gasteiger partial charge on any atom is 0.414 e. The van der Waals surface area contributed by atoms with E-state index in [1.165, 1.54) is 11.3 Å². The average molecular weight is 305 g/mol. The summed E-state index contributed by atoms with van der Waals surface area (Å²) in [6.45, 7) is 0.573. The summed E-state index contributed by atoms with van der Waals surface area (Å²) in [5, 5.41) is 4.49. The van der Waals surface area contributed by atoms with Crippen molar-refractivity contribution in [3.63, 3.8) is 0 Å². The highest BCUT2D eigenvalue weighted by molar-refractivity contribution is 7.09. The molecule has 0 saturated carbocycles. The van der Waals surface area contributed by atoms with E-state index < -0.39 is 12.0 Å². The van der Waals surface area contributed by atoms with Gasteiger partial charge in [-0.15, -0.1) is 11.3 Å². The van der Waals surface area contributed by atoms with Gasteiger partial charge in [0.1, 0.15) is 12.3 Å². The van der Waals surface area contributed by atoms with Gasteiger partial charge in [0, 0.05) is 11.8 Å². The van der Waals surface area contributed by atoms with Crippen LogP contribution in [0.25, 0.3) is 0 Å². The second-order valence-corrected chi connectivity index (χ2v) is 5.12. The number of nitrogens with one attached hydrogen (secondary N) is 1. The maximum atomic E-state index is 11.8. The predicted octanol–water partition coefficient (Wildman–Crippen LogP) is 1.71. The molecular formula is C14H15N3O3S. The van der Waals surface area contributed by atoms with Crippen LogP contribution in [-0.2, 0) is 17.8 Å². The van der Waals surface area contributed by atoms with Gasteiger partial charge < -0.3 is 10.5 Å². The van der Waals surface area contributed by atoms with E-state index in [0.717, 1.165) is 10.6 Å². The first kappa shape index (κ1) is 15.1. The topological polar surface area (TPSA) is 94.3 Å². The third-order valence-corrected chi connectivity index (χ3v) is 3.48. The maximum absolute atomic E-state index is 11.8. The SMILES string of the molecule is NCCc1nc(C(=O)NC(=O)OCc2ccccc2)cs1. The fourth-order valence-electron chi connectivity index (χ4n) is 1.57. The number of benzene rings is 1. The van der Waals surface area contributed by atoms with Crippen molar-refractivity contribution in [2.24, 2.45) is 5.73 Å². The molecule has 0 saturated heterocycles. The van der Waals surface area contributed by atoms with E-state index in [4.69, 9.17) is 10.5 Å². The van der Waals surface area contributed by atoms with Gasteiger partial charge in [0.25, 0.3) is 5.91 Å². The van der Waals surface area contributed by atoms with E-state index in [9.17, 15) is 9.59 Å². The molecule has 3 N–H and O–H groups in total. The minimum atomic E-state index is -0.794. The molecule has 110 valence electrons. The fraction of sp³-hybridized carbons (Fsp3) is 0.214. The number of amides is 2. The van der Waals surface area contributed by atoms with Crippen molar-refractivity contribution in [3.05, 3.63) is 52.0 Å². The molecule has 0 fully saturated rings. The van der Waals surface area contributed by atoms with Gasteiger partial charge in [-0.1, -0.05) is 30.3 Å². The highest BCUT2D eigenvalue weighted by Gasteiger charge is 2.14. The molecule has 0 aliphatic heterocycles. The number of carbonyl (C=O) groups excluding carboxylic acids is 2. The van der Waals surface area contributed by atoms with Crippen molar-refractivity contribution in [1.29, 1.82) is 0 Å². The summed E-state index contributed by atoms with van der Waals surface area (Å²) >= 11 is 1.34. The lowest BCUT2D eigenvalue weighted by Gasteiger charge is -2.05. The molecule has 2 amide bonds. The zero-order valence-electron chi connectivity index (χ0n) is 11.2. The van der Waals surface area contributed by atoms with Crippen LogP contribution >= 0.6 is 11.3 Å². The van der Waals surface area contributed by atoms with Gasteiger partial charge in [-0.25, -0.2) is 9.78 Å². The van der Waals surface area contributed by atoms with Gasteiger partial charge in [-0.2, -0.15) is 0 Å². The number of thiazole rings is 1. The quantitative estimate of drug-likeness (QED) is 0.877. The van der Waals surface area contributed by atoms with Crippen LogP contribution in [0.15, 0.2) is 35.7 Å². The molecule has 0 unspecified atom stereocenters. The lowest BCUT2D eigenvalue weighted by Crippen LogP contribution is -2.31. The third kappa shape index (κ3) is 4.66. The summed E-state index contributed by atoms with van der Waals surface area (Å²) in [6.07, 6.45) is -0.187. The van der Waals surface area contributed by atoms with Gasteiger partial charge in [0.2, 0.25) is 0 Å². The van der Waals surface area contributed by atoms with E-state index in [0.29, 0.717) is 13.0 Å². The highest BCUT2D eigenvalue weighted by Crippen LogP contribution is 2.10. The lowest BCUT2D eigenvalue weighted by molar-refractivity contribution is 0.0908. The minimum Gasteiger partial charge on any atom is -0.444 e. The van der Waals surface area contributed by atoms with Crippen LogP contribution in [0.3, 0.4) is 0 Å². The second kappa shape index (κ2) is 7.51. The molecule has 1 heterocycles. The van der Waals surface area contributed by atoms with Gasteiger partial charge in [0.15, 0.2) is 0 Å². The minimum absolute atomic E-state index is 0.107. The molecule has 7 heteroatoms. The Hall–Kier alpha value is -2.25. The number of rotatable bonds is 5. The van der Waals surface area contributed by atoms with Crippen LogP contribution in [-0.4, -0.2) is 23.5 Å². The standard InChI is InChI=1S/C14H15N3O3S/c15-7-6-12-16-11(9-21-12)13(18)17-14(19)20-8-10-4-2-1-3-5-10/h1-5,9H,6-8,15H2,(H,17,18,19). The summed E-state index contributed by atoms with van der Waals surface area (Å²) in [5.41, 5.74) is 6.45. The Labute approximate surface area is 125 Å². The number of hydrogen-bond acceptors (Lipinski definition) is 6. The van der Waals surface area contributed by atoms with E-state index in [-0.39, 0.29) is 12.3 Å². The van der Waals surface area contributed by atoms with Crippen LogP contribution in [0.1, 0.15) is 21.1 Å². The molecule has 0 aliphatic rings. The van der Waals surface area contributed by atoms with Crippen molar-refractivity contribution >= 4 is 23.3 Å². The number of imide groups is 1. The zero-order valence-corrected chi connectivity index (χ0v) is 12.1. The molecule has 0 spiro atoms. The first-order chi connectivity index (χ1) is 10.2. The summed E-state index contributed by atoms with van der Waals surface area (Å²) < 4.78 is 4.96. The van der Waals surface area contributed by atoms with Crippen LogP contribution in [0.2, 0.25) is 0 Å². The number of hydrogen-bond donors (Lipinski definition) is 2. The van der Waals surface area contributed by atoms with Crippen molar-refractivity contribution in [1.82, 2.24) is 10.3 Å². The molecule has 2 rings (SSSR count). The third-order valence-electron chi connectivity index (χ3n) is 2.57. The molecule has 21 heavy (non-hydrogen) atoms. The molecule has 2 aromatic rings. The van der Waals surface area contributed by atoms with Crippen LogP contribution in [0, 0.1) is 0 Å². The Balaban J connectivity index is 1.82. The monoisotopic (exact) mass is 305 g/mol. The van der Waals surface area contributed by atoms with Crippen molar-refractivity contribution in [2.75, 3.05) is 6.54 Å². The fourth-order valence-corrected chi connectivity index (χ4v) is 2.36. The number of nitrogens with zero attached hydrogens (tertiary/aromatic N) is 1. The Bertz CT molecular complexity index is 613. The number of aromatic nitrogens is 1. The van der Waals surface area contributed by atoms with Gasteiger partial charge in [-0.3, -0.25) is 10.1 Å². The Morgan fingerprint density at radius 2 is 2.05 bits per heavy atom. The number of alkyl carbamates (subject to hydrolysis) is 1. The highest BCUT2D eigenvalue weighted by atomic mass is 32.1.